The van der Waals surface area contributed by atoms with Gasteiger partial charge in [-0.2, -0.15) is 0 Å². The molecule has 0 fully saturated rings. The van der Waals surface area contributed by atoms with Crippen LogP contribution in [0, 0.1) is 6.92 Å². The maximum absolute atomic E-state index is 12.3. The van der Waals surface area contributed by atoms with E-state index in [9.17, 15) is 4.79 Å². The Morgan fingerprint density at radius 2 is 2.03 bits per heavy atom. The molecule has 0 aliphatic heterocycles. The van der Waals surface area contributed by atoms with Crippen molar-refractivity contribution in [3.05, 3.63) is 48.2 Å². The Morgan fingerprint density at radius 1 is 1.24 bits per heavy atom. The van der Waals surface area contributed by atoms with Gasteiger partial charge in [-0.3, -0.25) is 4.79 Å². The zero-order chi connectivity index (χ0) is 20.4. The summed E-state index contributed by atoms with van der Waals surface area (Å²) in [6.07, 6.45) is 1.75. The lowest BCUT2D eigenvalue weighted by atomic mass is 10.2. The van der Waals surface area contributed by atoms with Gasteiger partial charge in [0, 0.05) is 23.8 Å². The molecular weight excluding hydrogens is 404 g/mol. The molecule has 0 aliphatic carbocycles. The van der Waals surface area contributed by atoms with Crippen molar-refractivity contribution in [2.24, 2.45) is 0 Å². The van der Waals surface area contributed by atoms with Crippen molar-refractivity contribution >= 4 is 50.6 Å². The number of fused-ring (bicyclic) bond motifs is 1. The summed E-state index contributed by atoms with van der Waals surface area (Å²) in [4.78, 5) is 18.4. The van der Waals surface area contributed by atoms with Gasteiger partial charge in [0.1, 0.15) is 4.83 Å². The summed E-state index contributed by atoms with van der Waals surface area (Å²) in [7, 11) is 0. The summed E-state index contributed by atoms with van der Waals surface area (Å²) in [5.41, 5.74) is 8.93. The minimum Gasteiger partial charge on any atom is -0.397 e. The van der Waals surface area contributed by atoms with Crippen molar-refractivity contribution in [1.82, 2.24) is 19.7 Å². The van der Waals surface area contributed by atoms with Gasteiger partial charge in [-0.25, -0.2) is 4.98 Å². The topological polar surface area (TPSA) is 98.7 Å². The highest BCUT2D eigenvalue weighted by Gasteiger charge is 2.20. The van der Waals surface area contributed by atoms with Gasteiger partial charge in [0.15, 0.2) is 11.0 Å². The number of nitrogens with one attached hydrogen (secondary N) is 1. The Morgan fingerprint density at radius 3 is 2.76 bits per heavy atom. The molecule has 0 unspecified atom stereocenters. The SMILES string of the molecule is CCn1c(SCC(=O)Nc2ccc(C)cc2)nnc1-c1sc2ncccc2c1N. The predicted molar refractivity (Wildman–Crippen MR) is 119 cm³/mol. The van der Waals surface area contributed by atoms with E-state index in [0.717, 1.165) is 26.3 Å². The van der Waals surface area contributed by atoms with Crippen molar-refractivity contribution in [1.29, 1.82) is 0 Å². The van der Waals surface area contributed by atoms with Crippen molar-refractivity contribution < 1.29 is 4.79 Å². The van der Waals surface area contributed by atoms with Crippen LogP contribution in [0.25, 0.3) is 20.9 Å². The van der Waals surface area contributed by atoms with Crippen LogP contribution < -0.4 is 11.1 Å². The molecular formula is C20H20N6OS2. The highest BCUT2D eigenvalue weighted by molar-refractivity contribution is 7.99. The number of hydrogen-bond donors (Lipinski definition) is 2. The molecule has 0 saturated heterocycles. The van der Waals surface area contributed by atoms with E-state index in [1.807, 2.05) is 54.8 Å². The van der Waals surface area contributed by atoms with E-state index in [2.05, 4.69) is 20.5 Å². The van der Waals surface area contributed by atoms with Gasteiger partial charge in [0.05, 0.1) is 16.3 Å². The number of anilines is 2. The first-order valence-electron chi connectivity index (χ1n) is 9.12. The Kier molecular flexibility index (Phi) is 5.50. The Balaban J connectivity index is 1.52. The van der Waals surface area contributed by atoms with Gasteiger partial charge in [-0.15, -0.1) is 21.5 Å². The lowest BCUT2D eigenvalue weighted by Gasteiger charge is -2.07. The van der Waals surface area contributed by atoms with Crippen LogP contribution in [-0.2, 0) is 11.3 Å². The fraction of sp³-hybridized carbons (Fsp3) is 0.200. The summed E-state index contributed by atoms with van der Waals surface area (Å²) in [6.45, 7) is 4.70. The summed E-state index contributed by atoms with van der Waals surface area (Å²) in [6, 6.07) is 11.5. The molecule has 0 radical (unpaired) electrons. The van der Waals surface area contributed by atoms with E-state index in [0.29, 0.717) is 23.2 Å². The monoisotopic (exact) mass is 424 g/mol. The molecule has 7 nitrogen and oxygen atoms in total. The number of nitrogen functional groups attached to an aromatic ring is 1. The molecule has 9 heteroatoms. The second-order valence-electron chi connectivity index (χ2n) is 6.45. The number of aryl methyl sites for hydroxylation is 1. The first-order valence-corrected chi connectivity index (χ1v) is 10.9. The Labute approximate surface area is 176 Å². The third-order valence-corrected chi connectivity index (χ3v) is 6.50. The Hall–Kier alpha value is -2.91. The summed E-state index contributed by atoms with van der Waals surface area (Å²) in [5, 5.41) is 13.1. The number of carbonyl (C=O) groups is 1. The molecule has 0 atom stereocenters. The van der Waals surface area contributed by atoms with Gasteiger partial charge in [-0.1, -0.05) is 29.5 Å². The first-order chi connectivity index (χ1) is 14.1. The van der Waals surface area contributed by atoms with Crippen molar-refractivity contribution in [3.8, 4) is 10.7 Å². The normalized spacial score (nSPS) is 11.1. The standard InChI is InChI=1S/C20H20N6OS2/c1-3-26-18(17-16(21)14-5-4-10-22-19(14)29-17)24-25-20(26)28-11-15(27)23-13-8-6-12(2)7-9-13/h4-10H,3,11,21H2,1-2H3,(H,23,27). The number of amides is 1. The van der Waals surface area contributed by atoms with Crippen LogP contribution in [0.5, 0.6) is 0 Å². The second kappa shape index (κ2) is 8.22. The Bertz CT molecular complexity index is 1170. The maximum Gasteiger partial charge on any atom is 0.234 e. The van der Waals surface area contributed by atoms with Crippen molar-refractivity contribution in [3.63, 3.8) is 0 Å². The van der Waals surface area contributed by atoms with Crippen LogP contribution in [-0.4, -0.2) is 31.4 Å². The van der Waals surface area contributed by atoms with E-state index in [-0.39, 0.29) is 11.7 Å². The smallest absolute Gasteiger partial charge is 0.234 e. The molecule has 4 rings (SSSR count). The number of hydrogen-bond acceptors (Lipinski definition) is 7. The molecule has 4 aromatic rings. The fourth-order valence-electron chi connectivity index (χ4n) is 2.93. The molecule has 3 N–H and O–H groups in total. The molecule has 0 saturated carbocycles. The summed E-state index contributed by atoms with van der Waals surface area (Å²) < 4.78 is 1.98. The predicted octanol–water partition coefficient (Wildman–Crippen LogP) is 4.20. The largest absolute Gasteiger partial charge is 0.397 e. The number of rotatable bonds is 6. The number of aromatic nitrogens is 4. The zero-order valence-electron chi connectivity index (χ0n) is 16.0. The molecule has 0 bridgehead atoms. The molecule has 0 aliphatic rings. The first kappa shape index (κ1) is 19.4. The minimum atomic E-state index is -0.0865. The molecule has 1 amide bonds. The molecule has 3 heterocycles. The summed E-state index contributed by atoms with van der Waals surface area (Å²) in [5.74, 6) is 0.862. The number of benzene rings is 1. The molecule has 1 aromatic carbocycles. The fourth-order valence-corrected chi connectivity index (χ4v) is 4.79. The molecule has 3 aromatic heterocycles. The average Bonchev–Trinajstić information content (AvgIpc) is 3.29. The van der Waals surface area contributed by atoms with Crippen LogP contribution in [0.15, 0.2) is 47.8 Å². The number of nitrogens with zero attached hydrogens (tertiary/aromatic N) is 4. The van der Waals surface area contributed by atoms with E-state index < -0.39 is 0 Å². The van der Waals surface area contributed by atoms with Gasteiger partial charge in [0.25, 0.3) is 0 Å². The number of thiophene rings is 1. The van der Waals surface area contributed by atoms with E-state index in [1.165, 1.54) is 23.1 Å². The highest BCUT2D eigenvalue weighted by Crippen LogP contribution is 2.39. The lowest BCUT2D eigenvalue weighted by Crippen LogP contribution is -2.14. The van der Waals surface area contributed by atoms with Crippen molar-refractivity contribution in [2.45, 2.75) is 25.5 Å². The number of pyridine rings is 1. The zero-order valence-corrected chi connectivity index (χ0v) is 17.7. The lowest BCUT2D eigenvalue weighted by molar-refractivity contribution is -0.113. The van der Waals surface area contributed by atoms with Gasteiger partial charge < -0.3 is 15.6 Å². The van der Waals surface area contributed by atoms with E-state index in [1.54, 1.807) is 6.20 Å². The molecule has 148 valence electrons. The van der Waals surface area contributed by atoms with E-state index in [4.69, 9.17) is 5.73 Å². The van der Waals surface area contributed by atoms with Crippen LogP contribution >= 0.6 is 23.1 Å². The van der Waals surface area contributed by atoms with Crippen molar-refractivity contribution in [2.75, 3.05) is 16.8 Å². The number of carbonyl (C=O) groups excluding carboxylic acids is 1. The number of nitrogens with two attached hydrogens (primary N) is 1. The third kappa shape index (κ3) is 3.96. The van der Waals surface area contributed by atoms with Crippen LogP contribution in [0.4, 0.5) is 11.4 Å². The second-order valence-corrected chi connectivity index (χ2v) is 8.40. The quantitative estimate of drug-likeness (QED) is 0.450. The number of thioether (sulfide) groups is 1. The summed E-state index contributed by atoms with van der Waals surface area (Å²) >= 11 is 2.86. The van der Waals surface area contributed by atoms with E-state index >= 15 is 0 Å². The molecule has 29 heavy (non-hydrogen) atoms. The maximum atomic E-state index is 12.3. The van der Waals surface area contributed by atoms with Gasteiger partial charge in [0.2, 0.25) is 5.91 Å². The van der Waals surface area contributed by atoms with Crippen LogP contribution in [0.3, 0.4) is 0 Å². The third-order valence-electron chi connectivity index (χ3n) is 4.41. The minimum absolute atomic E-state index is 0.0865. The average molecular weight is 425 g/mol. The van der Waals surface area contributed by atoms with Crippen LogP contribution in [0.2, 0.25) is 0 Å². The van der Waals surface area contributed by atoms with Gasteiger partial charge >= 0.3 is 0 Å². The molecule has 0 spiro atoms. The van der Waals surface area contributed by atoms with Crippen LogP contribution in [0.1, 0.15) is 12.5 Å². The highest BCUT2D eigenvalue weighted by atomic mass is 32.2. The van der Waals surface area contributed by atoms with Gasteiger partial charge in [-0.05, 0) is 38.1 Å².